The van der Waals surface area contributed by atoms with Crippen LogP contribution in [0.1, 0.15) is 0 Å². The Hall–Kier alpha value is -2.04. The molecule has 0 saturated heterocycles. The quantitative estimate of drug-likeness (QED) is 0.636. The van der Waals surface area contributed by atoms with Crippen LogP contribution in [0.3, 0.4) is 0 Å². The zero-order valence-corrected chi connectivity index (χ0v) is 6.65. The molecule has 0 atom stereocenters. The number of H-pyrrole nitrogens is 2. The van der Waals surface area contributed by atoms with Crippen LogP contribution in [0.25, 0.3) is 5.69 Å². The van der Waals surface area contributed by atoms with Crippen LogP contribution in [0.5, 0.6) is 0 Å². The Morgan fingerprint density at radius 3 is 2.46 bits per heavy atom. The molecular weight excluding hydrogens is 170 g/mol. The van der Waals surface area contributed by atoms with E-state index < -0.39 is 11.2 Å². The lowest BCUT2D eigenvalue weighted by Crippen LogP contribution is -2.24. The normalized spacial score (nSPS) is 10.2. The van der Waals surface area contributed by atoms with E-state index in [-0.39, 0.29) is 0 Å². The first-order chi connectivity index (χ1) is 6.27. The largest absolute Gasteiger partial charge is 0.325 e. The zero-order valence-electron chi connectivity index (χ0n) is 6.65. The van der Waals surface area contributed by atoms with Gasteiger partial charge >= 0.3 is 5.69 Å². The summed E-state index contributed by atoms with van der Waals surface area (Å²) in [5, 5.41) is 0. The van der Waals surface area contributed by atoms with Gasteiger partial charge in [-0.2, -0.15) is 0 Å². The van der Waals surface area contributed by atoms with Gasteiger partial charge in [-0.1, -0.05) is 0 Å². The molecule has 0 aliphatic rings. The lowest BCUT2D eigenvalue weighted by atomic mass is 10.5. The highest BCUT2D eigenvalue weighted by Gasteiger charge is 1.99. The van der Waals surface area contributed by atoms with Crippen molar-refractivity contribution in [2.75, 3.05) is 0 Å². The third kappa shape index (κ3) is 1.31. The molecule has 2 aromatic heterocycles. The van der Waals surface area contributed by atoms with E-state index in [9.17, 15) is 9.59 Å². The van der Waals surface area contributed by atoms with Crippen LogP contribution >= 0.6 is 0 Å². The predicted octanol–water partition coefficient (Wildman–Crippen LogP) is -0.146. The van der Waals surface area contributed by atoms with Crippen LogP contribution in [0, 0.1) is 0 Å². The summed E-state index contributed by atoms with van der Waals surface area (Å²) < 4.78 is 1.62. The Bertz CT molecular complexity index is 507. The first kappa shape index (κ1) is 7.60. The van der Waals surface area contributed by atoms with Gasteiger partial charge in [-0.25, -0.2) is 4.79 Å². The van der Waals surface area contributed by atoms with Crippen molar-refractivity contribution in [3.63, 3.8) is 0 Å². The maximum absolute atomic E-state index is 11.2. The summed E-state index contributed by atoms with van der Waals surface area (Å²) in [6.45, 7) is 0. The Balaban J connectivity index is 2.67. The maximum Gasteiger partial charge on any atom is 0.325 e. The maximum atomic E-state index is 11.2. The minimum Gasteiger partial charge on any atom is -0.318 e. The molecule has 2 heterocycles. The standard InChI is InChI=1S/C8H7N3O2/c12-7-6(5-9-8(13)10-7)11-3-1-2-4-11/h1-5H,(H2,9,10,12,13). The lowest BCUT2D eigenvalue weighted by Gasteiger charge is -1.98. The highest BCUT2D eigenvalue weighted by molar-refractivity contribution is 5.25. The molecule has 66 valence electrons. The average Bonchev–Trinajstić information content (AvgIpc) is 2.56. The van der Waals surface area contributed by atoms with E-state index in [1.807, 2.05) is 0 Å². The van der Waals surface area contributed by atoms with E-state index >= 15 is 0 Å². The van der Waals surface area contributed by atoms with Crippen molar-refractivity contribution < 1.29 is 0 Å². The number of rotatable bonds is 1. The summed E-state index contributed by atoms with van der Waals surface area (Å²) in [6, 6.07) is 3.59. The summed E-state index contributed by atoms with van der Waals surface area (Å²) >= 11 is 0. The van der Waals surface area contributed by atoms with Gasteiger partial charge in [0.15, 0.2) is 0 Å². The lowest BCUT2D eigenvalue weighted by molar-refractivity contribution is 0.955. The molecule has 2 rings (SSSR count). The second-order valence-corrected chi connectivity index (χ2v) is 2.55. The van der Waals surface area contributed by atoms with Gasteiger partial charge < -0.3 is 9.55 Å². The molecule has 5 nitrogen and oxygen atoms in total. The molecule has 0 radical (unpaired) electrons. The molecule has 0 amide bonds. The molecule has 0 aromatic carbocycles. The van der Waals surface area contributed by atoms with Crippen LogP contribution in [-0.2, 0) is 0 Å². The zero-order chi connectivity index (χ0) is 9.26. The molecule has 0 aliphatic carbocycles. The van der Waals surface area contributed by atoms with Gasteiger partial charge in [0.1, 0.15) is 5.69 Å². The van der Waals surface area contributed by atoms with Crippen molar-refractivity contribution in [2.45, 2.75) is 0 Å². The van der Waals surface area contributed by atoms with Crippen molar-refractivity contribution in [3.8, 4) is 5.69 Å². The van der Waals surface area contributed by atoms with Gasteiger partial charge in [0.05, 0.1) is 0 Å². The third-order valence-corrected chi connectivity index (χ3v) is 1.68. The van der Waals surface area contributed by atoms with Crippen molar-refractivity contribution in [1.82, 2.24) is 14.5 Å². The highest BCUT2D eigenvalue weighted by Crippen LogP contribution is 1.97. The van der Waals surface area contributed by atoms with E-state index in [2.05, 4.69) is 9.97 Å². The van der Waals surface area contributed by atoms with Crippen LogP contribution in [-0.4, -0.2) is 14.5 Å². The number of aromatic nitrogens is 3. The second-order valence-electron chi connectivity index (χ2n) is 2.55. The van der Waals surface area contributed by atoms with E-state index in [1.165, 1.54) is 6.20 Å². The average molecular weight is 177 g/mol. The molecule has 2 aromatic rings. The summed E-state index contributed by atoms with van der Waals surface area (Å²) in [6.07, 6.45) is 4.83. The minimum atomic E-state index is -0.499. The Morgan fingerprint density at radius 1 is 1.15 bits per heavy atom. The first-order valence-corrected chi connectivity index (χ1v) is 3.73. The summed E-state index contributed by atoms with van der Waals surface area (Å²) in [7, 11) is 0. The summed E-state index contributed by atoms with van der Waals surface area (Å²) in [5.41, 5.74) is -0.509. The number of hydrogen-bond acceptors (Lipinski definition) is 2. The van der Waals surface area contributed by atoms with E-state index in [4.69, 9.17) is 0 Å². The number of aromatic amines is 2. The van der Waals surface area contributed by atoms with E-state index in [1.54, 1.807) is 29.1 Å². The van der Waals surface area contributed by atoms with Crippen LogP contribution in [0.15, 0.2) is 40.3 Å². The van der Waals surface area contributed by atoms with Crippen molar-refractivity contribution in [3.05, 3.63) is 51.6 Å². The molecule has 0 aliphatic heterocycles. The minimum absolute atomic E-state index is 0.393. The molecule has 13 heavy (non-hydrogen) atoms. The van der Waals surface area contributed by atoms with Crippen LogP contribution in [0.2, 0.25) is 0 Å². The molecule has 0 bridgehead atoms. The molecule has 0 fully saturated rings. The number of hydrogen-bond donors (Lipinski definition) is 2. The fraction of sp³-hybridized carbons (Fsp3) is 0. The van der Waals surface area contributed by atoms with E-state index in [0.717, 1.165) is 0 Å². The summed E-state index contributed by atoms with van der Waals surface area (Å²) in [5.74, 6) is 0. The fourth-order valence-electron chi connectivity index (χ4n) is 1.09. The molecule has 0 saturated carbocycles. The first-order valence-electron chi connectivity index (χ1n) is 3.73. The Labute approximate surface area is 72.7 Å². The summed E-state index contributed by atoms with van der Waals surface area (Å²) in [4.78, 5) is 26.5. The van der Waals surface area contributed by atoms with Gasteiger partial charge in [-0.05, 0) is 12.1 Å². The number of nitrogens with one attached hydrogen (secondary N) is 2. The topological polar surface area (TPSA) is 70.7 Å². The van der Waals surface area contributed by atoms with Gasteiger partial charge in [-0.15, -0.1) is 0 Å². The van der Waals surface area contributed by atoms with Crippen molar-refractivity contribution in [2.24, 2.45) is 0 Å². The van der Waals surface area contributed by atoms with Gasteiger partial charge in [0.2, 0.25) is 0 Å². The predicted molar refractivity (Wildman–Crippen MR) is 47.0 cm³/mol. The van der Waals surface area contributed by atoms with Gasteiger partial charge in [-0.3, -0.25) is 9.78 Å². The number of nitrogens with zero attached hydrogens (tertiary/aromatic N) is 1. The Kier molecular flexibility index (Phi) is 1.63. The monoisotopic (exact) mass is 177 g/mol. The smallest absolute Gasteiger partial charge is 0.318 e. The molecular formula is C8H7N3O2. The molecule has 0 unspecified atom stereocenters. The van der Waals surface area contributed by atoms with E-state index in [0.29, 0.717) is 5.69 Å². The second kappa shape index (κ2) is 2.78. The molecule has 2 N–H and O–H groups in total. The molecule has 5 heteroatoms. The van der Waals surface area contributed by atoms with Gasteiger partial charge in [0, 0.05) is 18.6 Å². The van der Waals surface area contributed by atoms with Crippen LogP contribution in [0.4, 0.5) is 0 Å². The SMILES string of the molecule is O=c1[nH]cc(-n2cccc2)c(=O)[nH]1. The molecule has 0 spiro atoms. The van der Waals surface area contributed by atoms with Crippen molar-refractivity contribution >= 4 is 0 Å². The van der Waals surface area contributed by atoms with Gasteiger partial charge in [0.25, 0.3) is 5.56 Å². The third-order valence-electron chi connectivity index (χ3n) is 1.68. The van der Waals surface area contributed by atoms with Crippen LogP contribution < -0.4 is 11.2 Å². The fourth-order valence-corrected chi connectivity index (χ4v) is 1.09. The Morgan fingerprint density at radius 2 is 1.85 bits per heavy atom. The van der Waals surface area contributed by atoms with Crippen molar-refractivity contribution in [1.29, 1.82) is 0 Å². The highest BCUT2D eigenvalue weighted by atomic mass is 16.2.